The van der Waals surface area contributed by atoms with E-state index in [1.165, 1.54) is 17.6 Å². The number of hydrogen-bond donors (Lipinski definition) is 3. The Morgan fingerprint density at radius 3 is 2.92 bits per heavy atom. The number of carbonyl (C=O) groups excluding carboxylic acids is 2. The largest absolute Gasteiger partial charge is 0.364 e. The fourth-order valence-corrected chi connectivity index (χ4v) is 3.23. The fourth-order valence-electron chi connectivity index (χ4n) is 2.57. The van der Waals surface area contributed by atoms with E-state index < -0.39 is 5.91 Å². The average molecular weight is 374 g/mol. The van der Waals surface area contributed by atoms with Crippen LogP contribution < -0.4 is 16.4 Å². The molecule has 0 spiro atoms. The first kappa shape index (κ1) is 17.7. The molecule has 136 valence electrons. The van der Waals surface area contributed by atoms with Crippen LogP contribution in [0.4, 0.5) is 16.8 Å². The molecule has 0 aromatic carbocycles. The third kappa shape index (κ3) is 3.94. The lowest BCUT2D eigenvalue weighted by atomic mass is 10.3. The van der Waals surface area contributed by atoms with Crippen LogP contribution >= 0.6 is 11.5 Å². The second-order valence-corrected chi connectivity index (χ2v) is 6.58. The minimum atomic E-state index is -0.732. The highest BCUT2D eigenvalue weighted by Gasteiger charge is 2.26. The van der Waals surface area contributed by atoms with Gasteiger partial charge in [0.2, 0.25) is 11.9 Å². The van der Waals surface area contributed by atoms with Gasteiger partial charge in [-0.15, -0.1) is 10.2 Å². The summed E-state index contributed by atoms with van der Waals surface area (Å²) in [6.07, 6.45) is 2.04. The van der Waals surface area contributed by atoms with Crippen molar-refractivity contribution < 1.29 is 9.59 Å². The molecule has 0 saturated carbocycles. The van der Waals surface area contributed by atoms with Crippen LogP contribution in [-0.2, 0) is 4.79 Å². The maximum atomic E-state index is 11.7. The SMILES string of the molecule is C=CC(=O)N1CC[C@@H](Nc2nnc(C(N)=O)c(Nc3cc(C)ns3)n2)C1. The van der Waals surface area contributed by atoms with Gasteiger partial charge in [0.05, 0.1) is 5.69 Å². The third-order valence-corrected chi connectivity index (χ3v) is 4.59. The first-order valence-corrected chi connectivity index (χ1v) is 8.66. The quantitative estimate of drug-likeness (QED) is 0.627. The zero-order chi connectivity index (χ0) is 18.7. The summed E-state index contributed by atoms with van der Waals surface area (Å²) in [6.45, 7) is 6.49. The van der Waals surface area contributed by atoms with Crippen LogP contribution in [0, 0.1) is 6.92 Å². The summed E-state index contributed by atoms with van der Waals surface area (Å²) in [6, 6.07) is 1.80. The standard InChI is InChI=1S/C15H18N8O2S/c1-3-11(24)23-5-4-9(7-23)17-15-19-14(12(13(16)25)20-21-15)18-10-6-8(2)22-26-10/h3,6,9H,1,4-5,7H2,2H3,(H2,16,25)(H2,17,18,19,21)/t9-/m1/s1. The number of nitrogens with zero attached hydrogens (tertiary/aromatic N) is 5. The van der Waals surface area contributed by atoms with Crippen molar-refractivity contribution in [1.29, 1.82) is 0 Å². The number of aryl methyl sites for hydroxylation is 1. The molecule has 3 rings (SSSR count). The molecule has 3 heterocycles. The molecule has 2 amide bonds. The van der Waals surface area contributed by atoms with E-state index in [-0.39, 0.29) is 29.4 Å². The molecule has 2 aromatic rings. The zero-order valence-electron chi connectivity index (χ0n) is 14.1. The van der Waals surface area contributed by atoms with Crippen molar-refractivity contribution >= 4 is 40.1 Å². The van der Waals surface area contributed by atoms with Crippen molar-refractivity contribution in [2.24, 2.45) is 5.73 Å². The van der Waals surface area contributed by atoms with Crippen LogP contribution in [0.5, 0.6) is 0 Å². The number of primary amides is 1. The molecule has 1 aliphatic rings. The molecule has 2 aromatic heterocycles. The van der Waals surface area contributed by atoms with Crippen molar-refractivity contribution in [3.63, 3.8) is 0 Å². The maximum Gasteiger partial charge on any atom is 0.273 e. The van der Waals surface area contributed by atoms with Crippen LogP contribution in [0.3, 0.4) is 0 Å². The maximum absolute atomic E-state index is 11.7. The van der Waals surface area contributed by atoms with E-state index in [2.05, 4.69) is 36.8 Å². The summed E-state index contributed by atoms with van der Waals surface area (Å²) in [5, 5.41) is 14.6. The Balaban J connectivity index is 1.76. The van der Waals surface area contributed by atoms with Crippen molar-refractivity contribution in [1.82, 2.24) is 24.5 Å². The lowest BCUT2D eigenvalue weighted by Gasteiger charge is -2.15. The van der Waals surface area contributed by atoms with Gasteiger partial charge in [0, 0.05) is 19.1 Å². The monoisotopic (exact) mass is 374 g/mol. The minimum absolute atomic E-state index is 0.0152. The molecule has 0 aliphatic carbocycles. The second kappa shape index (κ2) is 7.44. The first-order chi connectivity index (χ1) is 12.5. The van der Waals surface area contributed by atoms with Gasteiger partial charge in [-0.05, 0) is 37.0 Å². The number of rotatable bonds is 6. The van der Waals surface area contributed by atoms with E-state index in [0.717, 1.165) is 12.1 Å². The molecule has 26 heavy (non-hydrogen) atoms. The number of hydrogen-bond acceptors (Lipinski definition) is 9. The smallest absolute Gasteiger partial charge is 0.273 e. The molecule has 1 fully saturated rings. The normalized spacial score (nSPS) is 16.3. The number of aromatic nitrogens is 4. The molecule has 0 radical (unpaired) electrons. The molecular weight excluding hydrogens is 356 g/mol. The lowest BCUT2D eigenvalue weighted by molar-refractivity contribution is -0.125. The number of likely N-dealkylation sites (tertiary alicyclic amines) is 1. The van der Waals surface area contributed by atoms with Gasteiger partial charge in [-0.2, -0.15) is 9.36 Å². The van der Waals surface area contributed by atoms with E-state index in [1.807, 2.05) is 13.0 Å². The van der Waals surface area contributed by atoms with E-state index in [1.54, 1.807) is 4.90 Å². The fraction of sp³-hybridized carbons (Fsp3) is 0.333. The van der Waals surface area contributed by atoms with Crippen molar-refractivity contribution in [3.8, 4) is 0 Å². The van der Waals surface area contributed by atoms with E-state index in [4.69, 9.17) is 5.73 Å². The Kier molecular flexibility index (Phi) is 5.07. The Morgan fingerprint density at radius 1 is 1.46 bits per heavy atom. The molecule has 0 unspecified atom stereocenters. The molecule has 1 aliphatic heterocycles. The number of nitrogens with two attached hydrogens (primary N) is 1. The summed E-state index contributed by atoms with van der Waals surface area (Å²) < 4.78 is 4.16. The van der Waals surface area contributed by atoms with Gasteiger partial charge in [0.15, 0.2) is 11.5 Å². The first-order valence-electron chi connectivity index (χ1n) is 7.89. The van der Waals surface area contributed by atoms with Gasteiger partial charge in [-0.1, -0.05) is 6.58 Å². The van der Waals surface area contributed by atoms with Crippen molar-refractivity contribution in [3.05, 3.63) is 30.1 Å². The summed E-state index contributed by atoms with van der Waals surface area (Å²) in [7, 11) is 0. The van der Waals surface area contributed by atoms with E-state index in [0.29, 0.717) is 18.1 Å². The molecule has 1 atom stereocenters. The Morgan fingerprint density at radius 2 is 2.27 bits per heavy atom. The molecule has 0 bridgehead atoms. The summed E-state index contributed by atoms with van der Waals surface area (Å²) in [5.41, 5.74) is 6.13. The van der Waals surface area contributed by atoms with E-state index in [9.17, 15) is 9.59 Å². The van der Waals surface area contributed by atoms with Crippen LogP contribution in [0.2, 0.25) is 0 Å². The number of anilines is 3. The molecule has 10 nitrogen and oxygen atoms in total. The number of carbonyl (C=O) groups is 2. The molecule has 4 N–H and O–H groups in total. The van der Waals surface area contributed by atoms with Gasteiger partial charge in [0.1, 0.15) is 5.00 Å². The van der Waals surface area contributed by atoms with Gasteiger partial charge >= 0.3 is 0 Å². The predicted molar refractivity (Wildman–Crippen MR) is 97.3 cm³/mol. The van der Waals surface area contributed by atoms with Gasteiger partial charge in [-0.3, -0.25) is 9.59 Å². The minimum Gasteiger partial charge on any atom is -0.364 e. The number of nitrogens with one attached hydrogen (secondary N) is 2. The molecular formula is C15H18N8O2S. The van der Waals surface area contributed by atoms with Gasteiger partial charge in [0.25, 0.3) is 5.91 Å². The highest BCUT2D eigenvalue weighted by molar-refractivity contribution is 7.10. The van der Waals surface area contributed by atoms with Crippen molar-refractivity contribution in [2.45, 2.75) is 19.4 Å². The Hall–Kier alpha value is -3.08. The lowest BCUT2D eigenvalue weighted by Crippen LogP contribution is -2.30. The van der Waals surface area contributed by atoms with E-state index >= 15 is 0 Å². The van der Waals surface area contributed by atoms with Crippen molar-refractivity contribution in [2.75, 3.05) is 23.7 Å². The topological polar surface area (TPSA) is 139 Å². The highest BCUT2D eigenvalue weighted by Crippen LogP contribution is 2.23. The van der Waals surface area contributed by atoms with Crippen LogP contribution in [0.25, 0.3) is 0 Å². The predicted octanol–water partition coefficient (Wildman–Crippen LogP) is 0.678. The highest BCUT2D eigenvalue weighted by atomic mass is 32.1. The summed E-state index contributed by atoms with van der Waals surface area (Å²) in [5.74, 6) is -0.392. The number of amides is 2. The van der Waals surface area contributed by atoms with Crippen LogP contribution in [-0.4, -0.2) is 55.4 Å². The van der Waals surface area contributed by atoms with Gasteiger partial charge in [-0.25, -0.2) is 0 Å². The van der Waals surface area contributed by atoms with Gasteiger partial charge < -0.3 is 21.3 Å². The average Bonchev–Trinajstić information content (AvgIpc) is 3.23. The second-order valence-electron chi connectivity index (χ2n) is 5.77. The third-order valence-electron chi connectivity index (χ3n) is 3.80. The molecule has 1 saturated heterocycles. The molecule has 11 heteroatoms. The summed E-state index contributed by atoms with van der Waals surface area (Å²) >= 11 is 1.23. The zero-order valence-corrected chi connectivity index (χ0v) is 14.9. The van der Waals surface area contributed by atoms with Crippen LogP contribution in [0.1, 0.15) is 22.6 Å². The van der Waals surface area contributed by atoms with Crippen LogP contribution in [0.15, 0.2) is 18.7 Å². The Bertz CT molecular complexity index is 852. The Labute approximate surface area is 153 Å². The summed E-state index contributed by atoms with van der Waals surface area (Å²) in [4.78, 5) is 29.2.